The number of guanidine groups is 1. The van der Waals surface area contributed by atoms with Gasteiger partial charge in [0.25, 0.3) is 0 Å². The molecular weight excluding hydrogens is 484 g/mol. The fraction of sp³-hybridized carbons (Fsp3) is 0.619. The number of hydrogen-bond donors (Lipinski definition) is 2. The summed E-state index contributed by atoms with van der Waals surface area (Å²) >= 11 is 0. The number of nitrogens with one attached hydrogen (secondary N) is 2. The molecule has 1 aromatic rings. The van der Waals surface area contributed by atoms with Gasteiger partial charge in [0.2, 0.25) is 5.91 Å². The number of halogens is 2. The van der Waals surface area contributed by atoms with Crippen molar-refractivity contribution in [2.24, 2.45) is 4.99 Å². The van der Waals surface area contributed by atoms with Crippen molar-refractivity contribution >= 4 is 35.8 Å². The third-order valence-corrected chi connectivity index (χ3v) is 5.49. The molecule has 0 aromatic heterocycles. The highest BCUT2D eigenvalue weighted by Gasteiger charge is 2.27. The van der Waals surface area contributed by atoms with Crippen molar-refractivity contribution in [2.75, 3.05) is 46.3 Å². The van der Waals surface area contributed by atoms with Gasteiger partial charge in [-0.15, -0.1) is 24.0 Å². The predicted molar refractivity (Wildman–Crippen MR) is 125 cm³/mol. The van der Waals surface area contributed by atoms with Gasteiger partial charge in [0.1, 0.15) is 5.82 Å². The van der Waals surface area contributed by atoms with Crippen molar-refractivity contribution in [3.05, 3.63) is 35.6 Å². The maximum Gasteiger partial charge on any atom is 0.234 e. The van der Waals surface area contributed by atoms with E-state index in [0.29, 0.717) is 19.1 Å². The Balaban J connectivity index is 0.00000300. The van der Waals surface area contributed by atoms with Gasteiger partial charge in [-0.2, -0.15) is 0 Å². The number of nitrogens with zero attached hydrogens (tertiary/aromatic N) is 3. The first-order valence-corrected chi connectivity index (χ1v) is 10.1. The molecule has 1 saturated carbocycles. The maximum atomic E-state index is 13.6. The quantitative estimate of drug-likeness (QED) is 0.345. The van der Waals surface area contributed by atoms with Crippen LogP contribution in [0, 0.1) is 5.82 Å². The van der Waals surface area contributed by atoms with E-state index in [4.69, 9.17) is 0 Å². The summed E-state index contributed by atoms with van der Waals surface area (Å²) in [5.41, 5.74) is 0.739. The summed E-state index contributed by atoms with van der Waals surface area (Å²) in [7, 11) is 1.78. The number of hydrogen-bond acceptors (Lipinski definition) is 3. The first-order chi connectivity index (χ1) is 13.4. The van der Waals surface area contributed by atoms with Crippen LogP contribution in [0.25, 0.3) is 0 Å². The lowest BCUT2D eigenvalue weighted by atomic mass is 9.84. The molecule has 1 saturated heterocycles. The molecular formula is C21H33FIN5O. The standard InChI is InChI=1S/C21H32FN5O.HI/c1-21(2,16-5-4-6-17(22)13-16)15-24-20(23-3)27-11-9-26(10-12-27)14-19(28)25-18-7-8-18;/h4-6,13,18H,7-12,14-15H2,1-3H3,(H,23,24)(H,25,28);1H. The minimum Gasteiger partial charge on any atom is -0.355 e. The SMILES string of the molecule is CN=C(NCC(C)(C)c1cccc(F)c1)N1CCN(CC(=O)NC2CC2)CC1.I. The highest BCUT2D eigenvalue weighted by Crippen LogP contribution is 2.23. The molecule has 0 bridgehead atoms. The number of amides is 1. The van der Waals surface area contributed by atoms with Gasteiger partial charge in [-0.05, 0) is 30.5 Å². The molecule has 2 aliphatic rings. The van der Waals surface area contributed by atoms with Crippen LogP contribution in [-0.2, 0) is 10.2 Å². The Bertz CT molecular complexity index is 715. The van der Waals surface area contributed by atoms with Crippen molar-refractivity contribution in [3.8, 4) is 0 Å². The van der Waals surface area contributed by atoms with E-state index in [2.05, 4.69) is 39.3 Å². The summed E-state index contributed by atoms with van der Waals surface area (Å²) in [6.07, 6.45) is 2.24. The van der Waals surface area contributed by atoms with Crippen molar-refractivity contribution < 1.29 is 9.18 Å². The lowest BCUT2D eigenvalue weighted by molar-refractivity contribution is -0.122. The second-order valence-electron chi connectivity index (χ2n) is 8.40. The molecule has 2 N–H and O–H groups in total. The minimum atomic E-state index is -0.221. The van der Waals surface area contributed by atoms with Crippen LogP contribution in [0.2, 0.25) is 0 Å². The van der Waals surface area contributed by atoms with E-state index in [1.807, 2.05) is 6.07 Å². The molecule has 3 rings (SSSR count). The van der Waals surface area contributed by atoms with Crippen molar-refractivity contribution in [1.82, 2.24) is 20.4 Å². The van der Waals surface area contributed by atoms with Crippen LogP contribution in [0.5, 0.6) is 0 Å². The van der Waals surface area contributed by atoms with Crippen LogP contribution in [0.1, 0.15) is 32.3 Å². The summed E-state index contributed by atoms with van der Waals surface area (Å²) in [6, 6.07) is 7.18. The Labute approximate surface area is 190 Å². The summed E-state index contributed by atoms with van der Waals surface area (Å²) in [4.78, 5) is 20.8. The van der Waals surface area contributed by atoms with Crippen molar-refractivity contribution in [2.45, 2.75) is 38.1 Å². The van der Waals surface area contributed by atoms with Crippen LogP contribution in [0.3, 0.4) is 0 Å². The van der Waals surface area contributed by atoms with E-state index in [-0.39, 0.29) is 41.1 Å². The second-order valence-corrected chi connectivity index (χ2v) is 8.40. The van der Waals surface area contributed by atoms with Crippen LogP contribution in [-0.4, -0.2) is 74.0 Å². The molecule has 0 atom stereocenters. The lowest BCUT2D eigenvalue weighted by Crippen LogP contribution is -2.55. The third kappa shape index (κ3) is 7.09. The normalized spacial score (nSPS) is 18.2. The molecule has 29 heavy (non-hydrogen) atoms. The van der Waals surface area contributed by atoms with Gasteiger partial charge in [-0.3, -0.25) is 14.7 Å². The van der Waals surface area contributed by atoms with E-state index in [0.717, 1.165) is 50.5 Å². The zero-order valence-electron chi connectivity index (χ0n) is 17.6. The third-order valence-electron chi connectivity index (χ3n) is 5.49. The Morgan fingerprint density at radius 1 is 1.24 bits per heavy atom. The van der Waals surface area contributed by atoms with Gasteiger partial charge in [-0.1, -0.05) is 26.0 Å². The van der Waals surface area contributed by atoms with Gasteiger partial charge in [0.05, 0.1) is 6.54 Å². The number of carbonyl (C=O) groups excluding carboxylic acids is 1. The molecule has 0 unspecified atom stereocenters. The van der Waals surface area contributed by atoms with Crippen LogP contribution >= 0.6 is 24.0 Å². The monoisotopic (exact) mass is 517 g/mol. The number of piperazine rings is 1. The Hall–Kier alpha value is -1.42. The molecule has 1 aliphatic carbocycles. The largest absolute Gasteiger partial charge is 0.355 e. The summed E-state index contributed by atoms with van der Waals surface area (Å²) in [5, 5.41) is 6.49. The number of rotatable bonds is 6. The average molecular weight is 517 g/mol. The first kappa shape index (κ1) is 23.9. The van der Waals surface area contributed by atoms with Gasteiger partial charge in [-0.25, -0.2) is 4.39 Å². The molecule has 2 fully saturated rings. The molecule has 1 heterocycles. The Morgan fingerprint density at radius 3 is 2.52 bits per heavy atom. The molecule has 6 nitrogen and oxygen atoms in total. The van der Waals surface area contributed by atoms with Gasteiger partial charge in [0, 0.05) is 51.2 Å². The van der Waals surface area contributed by atoms with E-state index in [9.17, 15) is 9.18 Å². The second kappa shape index (κ2) is 10.6. The summed E-state index contributed by atoms with van der Waals surface area (Å²) in [5.74, 6) is 0.777. The van der Waals surface area contributed by atoms with E-state index in [1.165, 1.54) is 6.07 Å². The maximum absolute atomic E-state index is 13.6. The first-order valence-electron chi connectivity index (χ1n) is 10.1. The zero-order chi connectivity index (χ0) is 20.1. The van der Waals surface area contributed by atoms with E-state index < -0.39 is 0 Å². The Morgan fingerprint density at radius 2 is 1.93 bits per heavy atom. The topological polar surface area (TPSA) is 60.0 Å². The highest BCUT2D eigenvalue weighted by atomic mass is 127. The molecule has 0 radical (unpaired) electrons. The van der Waals surface area contributed by atoms with Crippen LogP contribution < -0.4 is 10.6 Å². The fourth-order valence-electron chi connectivity index (χ4n) is 3.47. The summed E-state index contributed by atoms with van der Waals surface area (Å²) in [6.45, 7) is 8.67. The van der Waals surface area contributed by atoms with Gasteiger partial charge in [0.15, 0.2) is 5.96 Å². The minimum absolute atomic E-state index is 0. The molecule has 1 aliphatic heterocycles. The predicted octanol–water partition coefficient (Wildman–Crippen LogP) is 2.19. The number of aliphatic imine (C=N–C) groups is 1. The van der Waals surface area contributed by atoms with Crippen molar-refractivity contribution in [3.63, 3.8) is 0 Å². The zero-order valence-corrected chi connectivity index (χ0v) is 19.9. The molecule has 1 amide bonds. The smallest absolute Gasteiger partial charge is 0.234 e. The van der Waals surface area contributed by atoms with E-state index in [1.54, 1.807) is 19.2 Å². The number of carbonyl (C=O) groups is 1. The summed E-state index contributed by atoms with van der Waals surface area (Å²) < 4.78 is 13.6. The van der Waals surface area contributed by atoms with Crippen LogP contribution in [0.15, 0.2) is 29.3 Å². The van der Waals surface area contributed by atoms with E-state index >= 15 is 0 Å². The van der Waals surface area contributed by atoms with Gasteiger partial charge >= 0.3 is 0 Å². The molecule has 162 valence electrons. The molecule has 1 aromatic carbocycles. The lowest BCUT2D eigenvalue weighted by Gasteiger charge is -2.37. The Kier molecular flexibility index (Phi) is 8.69. The molecule has 8 heteroatoms. The van der Waals surface area contributed by atoms with Crippen molar-refractivity contribution in [1.29, 1.82) is 0 Å². The molecule has 0 spiro atoms. The number of benzene rings is 1. The highest BCUT2D eigenvalue weighted by molar-refractivity contribution is 14.0. The van der Waals surface area contributed by atoms with Crippen LogP contribution in [0.4, 0.5) is 4.39 Å². The fourth-order valence-corrected chi connectivity index (χ4v) is 3.47. The average Bonchev–Trinajstić information content (AvgIpc) is 3.47. The van der Waals surface area contributed by atoms with Gasteiger partial charge < -0.3 is 15.5 Å².